The molecule has 1 aliphatic rings. The fourth-order valence-corrected chi connectivity index (χ4v) is 2.78. The van der Waals surface area contributed by atoms with Crippen LogP contribution in [0.4, 0.5) is 18.9 Å². The highest BCUT2D eigenvalue weighted by Crippen LogP contribution is 2.29. The van der Waals surface area contributed by atoms with Gasteiger partial charge in [-0.15, -0.1) is 0 Å². The van der Waals surface area contributed by atoms with Gasteiger partial charge in [0.15, 0.2) is 0 Å². The fraction of sp³-hybridized carbons (Fsp3) is 0.263. The maximum Gasteiger partial charge on any atom is 0.416 e. The molecule has 1 aromatic carbocycles. The first-order valence-corrected chi connectivity index (χ1v) is 8.23. The van der Waals surface area contributed by atoms with Gasteiger partial charge in [-0.25, -0.2) is 0 Å². The van der Waals surface area contributed by atoms with Gasteiger partial charge < -0.3 is 9.80 Å². The Morgan fingerprint density at radius 1 is 1.04 bits per heavy atom. The topological polar surface area (TPSA) is 36.4 Å². The van der Waals surface area contributed by atoms with Crippen molar-refractivity contribution in [3.63, 3.8) is 0 Å². The van der Waals surface area contributed by atoms with Crippen LogP contribution in [-0.2, 0) is 11.0 Å². The first-order chi connectivity index (χ1) is 12.4. The molecule has 2 aromatic rings. The number of carbonyl (C=O) groups excluding carboxylic acids is 1. The second-order valence-corrected chi connectivity index (χ2v) is 5.98. The van der Waals surface area contributed by atoms with Gasteiger partial charge in [-0.05, 0) is 35.9 Å². The molecular formula is C19H18F3N3O. The summed E-state index contributed by atoms with van der Waals surface area (Å²) < 4.78 is 37.6. The fourth-order valence-electron chi connectivity index (χ4n) is 2.78. The standard InChI is InChI=1S/C19H18F3N3O/c20-19(21,22)16-6-3-15(4-7-16)5-8-18(26)25-12-10-24(11-13-25)17-2-1-9-23-14-17/h1-9,14H,10-13H2/b8-5+. The minimum atomic E-state index is -4.36. The molecule has 0 atom stereocenters. The van der Waals surface area contributed by atoms with Crippen molar-refractivity contribution in [2.45, 2.75) is 6.18 Å². The van der Waals surface area contributed by atoms with E-state index in [4.69, 9.17) is 0 Å². The van der Waals surface area contributed by atoms with Crippen molar-refractivity contribution < 1.29 is 18.0 Å². The van der Waals surface area contributed by atoms with Gasteiger partial charge in [0, 0.05) is 38.5 Å². The normalized spacial score (nSPS) is 15.5. The summed E-state index contributed by atoms with van der Waals surface area (Å²) in [5.41, 5.74) is 0.882. The van der Waals surface area contributed by atoms with Crippen molar-refractivity contribution in [1.82, 2.24) is 9.88 Å². The quantitative estimate of drug-likeness (QED) is 0.786. The van der Waals surface area contributed by atoms with Gasteiger partial charge in [0.1, 0.15) is 0 Å². The number of nitrogens with zero attached hydrogens (tertiary/aromatic N) is 3. The lowest BCUT2D eigenvalue weighted by Gasteiger charge is -2.35. The predicted molar refractivity (Wildman–Crippen MR) is 93.5 cm³/mol. The maximum atomic E-state index is 12.5. The maximum absolute atomic E-state index is 12.5. The number of benzene rings is 1. The largest absolute Gasteiger partial charge is 0.416 e. The number of aromatic nitrogens is 1. The van der Waals surface area contributed by atoms with Crippen molar-refractivity contribution in [3.05, 3.63) is 66.0 Å². The Labute approximate surface area is 149 Å². The summed E-state index contributed by atoms with van der Waals surface area (Å²) in [5, 5.41) is 0. The molecule has 1 aliphatic heterocycles. The number of alkyl halides is 3. The lowest BCUT2D eigenvalue weighted by Crippen LogP contribution is -2.48. The molecule has 0 N–H and O–H groups in total. The molecule has 0 aliphatic carbocycles. The Bertz CT molecular complexity index is 765. The Kier molecular flexibility index (Phi) is 5.25. The first kappa shape index (κ1) is 18.0. The van der Waals surface area contributed by atoms with E-state index in [1.54, 1.807) is 17.3 Å². The lowest BCUT2D eigenvalue weighted by atomic mass is 10.1. The smallest absolute Gasteiger partial charge is 0.367 e. The molecule has 3 rings (SSSR count). The number of carbonyl (C=O) groups is 1. The lowest BCUT2D eigenvalue weighted by molar-refractivity contribution is -0.137. The molecule has 136 valence electrons. The van der Waals surface area contributed by atoms with Crippen molar-refractivity contribution in [2.24, 2.45) is 0 Å². The minimum absolute atomic E-state index is 0.143. The third kappa shape index (κ3) is 4.41. The van der Waals surface area contributed by atoms with Gasteiger partial charge in [0.05, 0.1) is 17.4 Å². The minimum Gasteiger partial charge on any atom is -0.367 e. The zero-order valence-corrected chi connectivity index (χ0v) is 14.0. The molecule has 2 heterocycles. The summed E-state index contributed by atoms with van der Waals surface area (Å²) in [6.07, 6.45) is 2.10. The van der Waals surface area contributed by atoms with Crippen molar-refractivity contribution in [3.8, 4) is 0 Å². The SMILES string of the molecule is O=C(/C=C/c1ccc(C(F)(F)F)cc1)N1CCN(c2cccnc2)CC1. The summed E-state index contributed by atoms with van der Waals surface area (Å²) in [5.74, 6) is -0.143. The van der Waals surface area contributed by atoms with Crippen molar-refractivity contribution >= 4 is 17.7 Å². The number of hydrogen-bond donors (Lipinski definition) is 0. The van der Waals surface area contributed by atoms with Crippen LogP contribution in [0.15, 0.2) is 54.9 Å². The van der Waals surface area contributed by atoms with E-state index in [1.807, 2.05) is 12.1 Å². The van der Waals surface area contributed by atoms with Crippen LogP contribution in [0.25, 0.3) is 6.08 Å². The van der Waals surface area contributed by atoms with E-state index in [0.29, 0.717) is 31.7 Å². The number of anilines is 1. The predicted octanol–water partition coefficient (Wildman–Crippen LogP) is 3.46. The average Bonchev–Trinajstić information content (AvgIpc) is 2.66. The van der Waals surface area contributed by atoms with E-state index in [2.05, 4.69) is 9.88 Å². The van der Waals surface area contributed by atoms with Crippen LogP contribution in [0, 0.1) is 0 Å². The van der Waals surface area contributed by atoms with Gasteiger partial charge in [-0.1, -0.05) is 12.1 Å². The number of pyridine rings is 1. The van der Waals surface area contributed by atoms with E-state index in [0.717, 1.165) is 17.8 Å². The summed E-state index contributed by atoms with van der Waals surface area (Å²) in [6, 6.07) is 8.59. The Hall–Kier alpha value is -2.83. The number of halogens is 3. The van der Waals surface area contributed by atoms with E-state index < -0.39 is 11.7 Å². The highest BCUT2D eigenvalue weighted by atomic mass is 19.4. The molecule has 0 unspecified atom stereocenters. The van der Waals surface area contributed by atoms with Gasteiger partial charge in [0.25, 0.3) is 0 Å². The van der Waals surface area contributed by atoms with Crippen LogP contribution in [0.5, 0.6) is 0 Å². The molecule has 1 saturated heterocycles. The number of hydrogen-bond acceptors (Lipinski definition) is 3. The summed E-state index contributed by atoms with van der Waals surface area (Å²) in [4.78, 5) is 20.3. The second-order valence-electron chi connectivity index (χ2n) is 5.98. The molecule has 0 radical (unpaired) electrons. The van der Waals surface area contributed by atoms with E-state index >= 15 is 0 Å². The third-order valence-electron chi connectivity index (χ3n) is 4.26. The van der Waals surface area contributed by atoms with Gasteiger partial charge >= 0.3 is 6.18 Å². The van der Waals surface area contributed by atoms with Crippen LogP contribution < -0.4 is 4.90 Å². The van der Waals surface area contributed by atoms with E-state index in [9.17, 15) is 18.0 Å². The molecule has 7 heteroatoms. The summed E-state index contributed by atoms with van der Waals surface area (Å²) >= 11 is 0. The Balaban J connectivity index is 1.55. The molecular weight excluding hydrogens is 343 g/mol. The Morgan fingerprint density at radius 2 is 1.73 bits per heavy atom. The first-order valence-electron chi connectivity index (χ1n) is 8.23. The average molecular weight is 361 g/mol. The van der Waals surface area contributed by atoms with Gasteiger partial charge in [-0.3, -0.25) is 9.78 Å². The molecule has 0 bridgehead atoms. The second kappa shape index (κ2) is 7.59. The van der Waals surface area contributed by atoms with Crippen molar-refractivity contribution in [2.75, 3.05) is 31.1 Å². The van der Waals surface area contributed by atoms with Crippen LogP contribution in [0.1, 0.15) is 11.1 Å². The van der Waals surface area contributed by atoms with E-state index in [-0.39, 0.29) is 5.91 Å². The monoisotopic (exact) mass is 361 g/mol. The molecule has 1 amide bonds. The molecule has 26 heavy (non-hydrogen) atoms. The number of amides is 1. The third-order valence-corrected chi connectivity index (χ3v) is 4.26. The molecule has 0 saturated carbocycles. The molecule has 1 fully saturated rings. The number of rotatable bonds is 3. The summed E-state index contributed by atoms with van der Waals surface area (Å²) in [7, 11) is 0. The number of piperazine rings is 1. The zero-order valence-electron chi connectivity index (χ0n) is 14.0. The molecule has 1 aromatic heterocycles. The van der Waals surface area contributed by atoms with Crippen LogP contribution in [0.3, 0.4) is 0 Å². The highest BCUT2D eigenvalue weighted by Gasteiger charge is 2.29. The summed E-state index contributed by atoms with van der Waals surface area (Å²) in [6.45, 7) is 2.60. The van der Waals surface area contributed by atoms with Gasteiger partial charge in [0.2, 0.25) is 5.91 Å². The Morgan fingerprint density at radius 3 is 2.31 bits per heavy atom. The van der Waals surface area contributed by atoms with Crippen LogP contribution in [0.2, 0.25) is 0 Å². The van der Waals surface area contributed by atoms with Gasteiger partial charge in [-0.2, -0.15) is 13.2 Å². The van der Waals surface area contributed by atoms with Crippen LogP contribution in [-0.4, -0.2) is 42.0 Å². The van der Waals surface area contributed by atoms with E-state index in [1.165, 1.54) is 24.3 Å². The van der Waals surface area contributed by atoms with Crippen LogP contribution >= 0.6 is 0 Å². The molecule has 0 spiro atoms. The molecule has 4 nitrogen and oxygen atoms in total. The van der Waals surface area contributed by atoms with Crippen molar-refractivity contribution in [1.29, 1.82) is 0 Å². The zero-order chi connectivity index (χ0) is 18.6. The highest BCUT2D eigenvalue weighted by molar-refractivity contribution is 5.92.